The summed E-state index contributed by atoms with van der Waals surface area (Å²) in [6.07, 6.45) is 0. The van der Waals surface area contributed by atoms with Gasteiger partial charge in [0.05, 0.1) is 5.92 Å². The first-order valence-electron chi connectivity index (χ1n) is 5.48. The Bertz CT molecular complexity index is 385. The van der Waals surface area contributed by atoms with Crippen LogP contribution >= 0.6 is 0 Å². The molecule has 2 atom stereocenters. The molecule has 0 aliphatic carbocycles. The van der Waals surface area contributed by atoms with Crippen LogP contribution in [-0.4, -0.2) is 25.8 Å². The fraction of sp³-hybridized carbons (Fsp3) is 0.727. The molecule has 90 valence electrons. The van der Waals surface area contributed by atoms with E-state index in [-0.39, 0.29) is 11.8 Å². The third kappa shape index (κ3) is 2.40. The molecule has 1 aromatic rings. The fourth-order valence-corrected chi connectivity index (χ4v) is 1.50. The third-order valence-electron chi connectivity index (χ3n) is 2.88. The molecule has 5 heteroatoms. The van der Waals surface area contributed by atoms with Crippen LogP contribution in [0, 0.1) is 5.92 Å². The van der Waals surface area contributed by atoms with Crippen LogP contribution in [0.3, 0.4) is 0 Å². The summed E-state index contributed by atoms with van der Waals surface area (Å²) in [7, 11) is 1.80. The lowest BCUT2D eigenvalue weighted by Gasteiger charge is -2.14. The number of carboxylic acid groups (broad SMARTS) is 1. The Morgan fingerprint density at radius 3 is 2.25 bits per heavy atom. The van der Waals surface area contributed by atoms with E-state index >= 15 is 0 Å². The van der Waals surface area contributed by atoms with Crippen LogP contribution in [0.15, 0.2) is 0 Å². The maximum Gasteiger partial charge on any atom is 0.306 e. The molecule has 0 aromatic carbocycles. The molecule has 0 radical (unpaired) electrons. The highest BCUT2D eigenvalue weighted by Crippen LogP contribution is 2.23. The Morgan fingerprint density at radius 2 is 1.88 bits per heavy atom. The van der Waals surface area contributed by atoms with Crippen molar-refractivity contribution in [3.63, 3.8) is 0 Å². The molecule has 0 amide bonds. The molecule has 0 aliphatic heterocycles. The van der Waals surface area contributed by atoms with Crippen molar-refractivity contribution in [3.8, 4) is 0 Å². The molecule has 2 unspecified atom stereocenters. The van der Waals surface area contributed by atoms with Crippen molar-refractivity contribution in [2.24, 2.45) is 13.0 Å². The summed E-state index contributed by atoms with van der Waals surface area (Å²) in [6.45, 7) is 7.60. The molecule has 0 saturated carbocycles. The highest BCUT2D eigenvalue weighted by atomic mass is 16.4. The Labute approximate surface area is 95.5 Å². The average Bonchev–Trinajstić information content (AvgIpc) is 2.58. The first-order chi connectivity index (χ1) is 7.34. The molecule has 1 aromatic heterocycles. The van der Waals surface area contributed by atoms with Crippen molar-refractivity contribution >= 4 is 5.97 Å². The summed E-state index contributed by atoms with van der Waals surface area (Å²) < 4.78 is 1.68. The predicted octanol–water partition coefficient (Wildman–Crippen LogP) is 1.76. The minimum absolute atomic E-state index is 0.137. The number of carbonyl (C=O) groups is 1. The zero-order valence-electron chi connectivity index (χ0n) is 10.4. The molecule has 1 rings (SSSR count). The Balaban J connectivity index is 2.99. The van der Waals surface area contributed by atoms with Gasteiger partial charge in [-0.25, -0.2) is 4.98 Å². The highest BCUT2D eigenvalue weighted by molar-refractivity contribution is 5.70. The van der Waals surface area contributed by atoms with Crippen molar-refractivity contribution in [2.75, 3.05) is 0 Å². The second-order valence-corrected chi connectivity index (χ2v) is 4.52. The van der Waals surface area contributed by atoms with E-state index in [9.17, 15) is 4.79 Å². The molecule has 0 aliphatic rings. The predicted molar refractivity (Wildman–Crippen MR) is 60.3 cm³/mol. The summed E-state index contributed by atoms with van der Waals surface area (Å²) in [5.74, 6) is 0.361. The van der Waals surface area contributed by atoms with Crippen LogP contribution in [0.2, 0.25) is 0 Å². The van der Waals surface area contributed by atoms with Gasteiger partial charge in [0.1, 0.15) is 5.82 Å². The van der Waals surface area contributed by atoms with E-state index in [1.807, 2.05) is 20.8 Å². The Morgan fingerprint density at radius 1 is 1.31 bits per heavy atom. The molecular formula is C11H19N3O2. The lowest BCUT2D eigenvalue weighted by Crippen LogP contribution is -2.19. The quantitative estimate of drug-likeness (QED) is 0.847. The minimum Gasteiger partial charge on any atom is -0.481 e. The summed E-state index contributed by atoms with van der Waals surface area (Å²) in [6, 6.07) is 0. The molecule has 0 fully saturated rings. The van der Waals surface area contributed by atoms with Crippen molar-refractivity contribution in [2.45, 2.75) is 39.5 Å². The van der Waals surface area contributed by atoms with Gasteiger partial charge in [-0.1, -0.05) is 27.7 Å². The maximum atomic E-state index is 10.9. The summed E-state index contributed by atoms with van der Waals surface area (Å²) in [5, 5.41) is 13.2. The smallest absolute Gasteiger partial charge is 0.306 e. The normalized spacial score (nSPS) is 15.1. The maximum absolute atomic E-state index is 10.9. The average molecular weight is 225 g/mol. The highest BCUT2D eigenvalue weighted by Gasteiger charge is 2.25. The van der Waals surface area contributed by atoms with Gasteiger partial charge in [0.25, 0.3) is 0 Å². The topological polar surface area (TPSA) is 68.0 Å². The van der Waals surface area contributed by atoms with E-state index in [0.717, 1.165) is 11.6 Å². The van der Waals surface area contributed by atoms with Gasteiger partial charge in [-0.05, 0) is 0 Å². The Hall–Kier alpha value is -1.39. The molecule has 0 bridgehead atoms. The summed E-state index contributed by atoms with van der Waals surface area (Å²) in [5.41, 5.74) is 0. The zero-order valence-corrected chi connectivity index (χ0v) is 10.4. The summed E-state index contributed by atoms with van der Waals surface area (Å²) >= 11 is 0. The molecule has 5 nitrogen and oxygen atoms in total. The first-order valence-corrected chi connectivity index (χ1v) is 5.48. The van der Waals surface area contributed by atoms with Gasteiger partial charge in [-0.15, -0.1) is 0 Å². The number of aromatic nitrogens is 3. The van der Waals surface area contributed by atoms with E-state index in [2.05, 4.69) is 10.1 Å². The lowest BCUT2D eigenvalue weighted by atomic mass is 9.95. The SMILES string of the molecule is CC(C)c1nc(C(C)C(C)C(=O)O)n(C)n1. The molecule has 1 N–H and O–H groups in total. The number of hydrogen-bond acceptors (Lipinski definition) is 3. The second kappa shape index (κ2) is 4.63. The van der Waals surface area contributed by atoms with E-state index in [4.69, 9.17) is 5.11 Å². The van der Waals surface area contributed by atoms with Crippen LogP contribution < -0.4 is 0 Å². The van der Waals surface area contributed by atoms with Gasteiger partial charge in [-0.3, -0.25) is 9.48 Å². The van der Waals surface area contributed by atoms with Crippen LogP contribution in [-0.2, 0) is 11.8 Å². The van der Waals surface area contributed by atoms with Crippen LogP contribution in [0.1, 0.15) is 51.2 Å². The van der Waals surface area contributed by atoms with Gasteiger partial charge in [-0.2, -0.15) is 5.10 Å². The van der Waals surface area contributed by atoms with Crippen molar-refractivity contribution in [1.29, 1.82) is 0 Å². The van der Waals surface area contributed by atoms with E-state index in [0.29, 0.717) is 0 Å². The standard InChI is InChI=1S/C11H19N3O2/c1-6(2)9-12-10(14(5)13-9)7(3)8(4)11(15)16/h6-8H,1-5H3,(H,15,16). The summed E-state index contributed by atoms with van der Waals surface area (Å²) in [4.78, 5) is 15.3. The van der Waals surface area contributed by atoms with Gasteiger partial charge >= 0.3 is 5.97 Å². The van der Waals surface area contributed by atoms with Crippen molar-refractivity contribution < 1.29 is 9.90 Å². The largest absolute Gasteiger partial charge is 0.481 e. The van der Waals surface area contributed by atoms with E-state index in [1.165, 1.54) is 0 Å². The third-order valence-corrected chi connectivity index (χ3v) is 2.88. The first kappa shape index (κ1) is 12.7. The van der Waals surface area contributed by atoms with Gasteiger partial charge in [0.2, 0.25) is 0 Å². The van der Waals surface area contributed by atoms with Crippen molar-refractivity contribution in [1.82, 2.24) is 14.8 Å². The minimum atomic E-state index is -0.804. The monoisotopic (exact) mass is 225 g/mol. The van der Waals surface area contributed by atoms with Crippen LogP contribution in [0.4, 0.5) is 0 Å². The number of nitrogens with zero attached hydrogens (tertiary/aromatic N) is 3. The number of rotatable bonds is 4. The van der Waals surface area contributed by atoms with Crippen LogP contribution in [0.25, 0.3) is 0 Å². The van der Waals surface area contributed by atoms with Crippen molar-refractivity contribution in [3.05, 3.63) is 11.6 Å². The van der Waals surface area contributed by atoms with Gasteiger partial charge in [0.15, 0.2) is 5.82 Å². The zero-order chi connectivity index (χ0) is 12.5. The number of hydrogen-bond donors (Lipinski definition) is 1. The van der Waals surface area contributed by atoms with E-state index < -0.39 is 11.9 Å². The van der Waals surface area contributed by atoms with Gasteiger partial charge < -0.3 is 5.11 Å². The van der Waals surface area contributed by atoms with Crippen LogP contribution in [0.5, 0.6) is 0 Å². The Kier molecular flexibility index (Phi) is 3.67. The molecule has 0 saturated heterocycles. The second-order valence-electron chi connectivity index (χ2n) is 4.52. The van der Waals surface area contributed by atoms with Gasteiger partial charge in [0, 0.05) is 18.9 Å². The molecule has 0 spiro atoms. The molecular weight excluding hydrogens is 206 g/mol. The molecule has 1 heterocycles. The molecule has 16 heavy (non-hydrogen) atoms. The number of aliphatic carboxylic acids is 1. The number of aryl methyl sites for hydroxylation is 1. The lowest BCUT2D eigenvalue weighted by molar-refractivity contribution is -0.141. The van der Waals surface area contributed by atoms with E-state index in [1.54, 1.807) is 18.7 Å². The fourth-order valence-electron chi connectivity index (χ4n) is 1.50. The number of carboxylic acids is 1.